The van der Waals surface area contributed by atoms with Crippen molar-refractivity contribution in [1.82, 2.24) is 25.3 Å². The summed E-state index contributed by atoms with van der Waals surface area (Å²) < 4.78 is 6.93. The van der Waals surface area contributed by atoms with Crippen molar-refractivity contribution in [2.24, 2.45) is 0 Å². The van der Waals surface area contributed by atoms with Gasteiger partial charge in [-0.2, -0.15) is 0 Å². The van der Waals surface area contributed by atoms with E-state index in [1.54, 1.807) is 18.0 Å². The Balaban J connectivity index is 1.53. The van der Waals surface area contributed by atoms with Crippen LogP contribution in [-0.2, 0) is 6.42 Å². The van der Waals surface area contributed by atoms with Crippen LogP contribution in [0.4, 0.5) is 0 Å². The van der Waals surface area contributed by atoms with Crippen LogP contribution in [0, 0.1) is 6.92 Å². The molecule has 0 saturated heterocycles. The summed E-state index contributed by atoms with van der Waals surface area (Å²) in [6.07, 6.45) is 2.43. The van der Waals surface area contributed by atoms with E-state index in [2.05, 4.69) is 20.6 Å². The maximum Gasteiger partial charge on any atom is 0.273 e. The van der Waals surface area contributed by atoms with E-state index in [1.807, 2.05) is 68.4 Å². The molecule has 2 aromatic heterocycles. The highest BCUT2D eigenvalue weighted by atomic mass is 16.5. The first kappa shape index (κ1) is 19.6. The van der Waals surface area contributed by atoms with Crippen LogP contribution in [-0.4, -0.2) is 39.0 Å². The average Bonchev–Trinajstić information content (AvgIpc) is 3.14. The molecule has 1 atom stereocenters. The Morgan fingerprint density at radius 1 is 1.17 bits per heavy atom. The van der Waals surface area contributed by atoms with Crippen molar-refractivity contribution < 1.29 is 9.53 Å². The summed E-state index contributed by atoms with van der Waals surface area (Å²) in [5.41, 5.74) is 3.66. The number of para-hydroxylation sites is 1. The fourth-order valence-electron chi connectivity index (χ4n) is 3.52. The van der Waals surface area contributed by atoms with Crippen molar-refractivity contribution in [3.05, 3.63) is 77.7 Å². The van der Waals surface area contributed by atoms with E-state index < -0.39 is 0 Å². The Morgan fingerprint density at radius 2 is 1.97 bits per heavy atom. The lowest BCUT2D eigenvalue weighted by Crippen LogP contribution is -2.34. The molecule has 30 heavy (non-hydrogen) atoms. The Labute approximate surface area is 174 Å². The summed E-state index contributed by atoms with van der Waals surface area (Å²) in [6.45, 7) is 3.80. The van der Waals surface area contributed by atoms with Gasteiger partial charge in [-0.15, -0.1) is 5.10 Å². The number of hydrogen-bond acceptors (Lipinski definition) is 5. The summed E-state index contributed by atoms with van der Waals surface area (Å²) in [5.74, 6) is 0.552. The Morgan fingerprint density at radius 3 is 2.80 bits per heavy atom. The topological polar surface area (TPSA) is 81.9 Å². The second-order valence-electron chi connectivity index (χ2n) is 7.22. The molecular formula is C23H23N5O2. The number of nitrogens with one attached hydrogen (secondary N) is 1. The monoisotopic (exact) mass is 401 g/mol. The van der Waals surface area contributed by atoms with Crippen LogP contribution < -0.4 is 10.1 Å². The lowest BCUT2D eigenvalue weighted by Gasteiger charge is -2.14. The first-order valence-electron chi connectivity index (χ1n) is 9.77. The number of pyridine rings is 1. The number of amides is 1. The van der Waals surface area contributed by atoms with E-state index in [-0.39, 0.29) is 11.9 Å². The lowest BCUT2D eigenvalue weighted by atomic mass is 10.1. The van der Waals surface area contributed by atoms with Crippen LogP contribution in [0.1, 0.15) is 28.7 Å². The molecule has 1 N–H and O–H groups in total. The number of benzene rings is 2. The minimum Gasteiger partial charge on any atom is -0.497 e. The van der Waals surface area contributed by atoms with E-state index in [4.69, 9.17) is 4.74 Å². The third-order valence-electron chi connectivity index (χ3n) is 5.00. The van der Waals surface area contributed by atoms with Crippen molar-refractivity contribution in [3.63, 3.8) is 0 Å². The number of rotatable bonds is 6. The highest BCUT2D eigenvalue weighted by Gasteiger charge is 2.20. The summed E-state index contributed by atoms with van der Waals surface area (Å²) >= 11 is 0. The third-order valence-corrected chi connectivity index (χ3v) is 5.00. The molecule has 1 unspecified atom stereocenters. The highest BCUT2D eigenvalue weighted by molar-refractivity contribution is 5.94. The van der Waals surface area contributed by atoms with Gasteiger partial charge in [0.1, 0.15) is 5.75 Å². The van der Waals surface area contributed by atoms with Crippen LogP contribution in [0.2, 0.25) is 0 Å². The molecule has 4 aromatic rings. The van der Waals surface area contributed by atoms with Crippen LogP contribution >= 0.6 is 0 Å². The van der Waals surface area contributed by atoms with Crippen LogP contribution in [0.25, 0.3) is 16.6 Å². The fourth-order valence-corrected chi connectivity index (χ4v) is 3.52. The molecule has 7 nitrogen and oxygen atoms in total. The molecule has 0 spiro atoms. The fraction of sp³-hybridized carbons (Fsp3) is 0.217. The van der Waals surface area contributed by atoms with Crippen LogP contribution in [0.15, 0.2) is 60.8 Å². The molecule has 0 bridgehead atoms. The molecule has 4 rings (SSSR count). The molecule has 0 aliphatic carbocycles. The molecule has 2 aromatic carbocycles. The first-order valence-corrected chi connectivity index (χ1v) is 9.77. The average molecular weight is 401 g/mol. The SMILES string of the molecule is COc1cccc(CC(C)NC(=O)c2nnn(-c3cccc4cccnc34)c2C)c1. The summed E-state index contributed by atoms with van der Waals surface area (Å²) in [7, 11) is 1.64. The normalized spacial score (nSPS) is 12.0. The minimum absolute atomic E-state index is 0.0756. The summed E-state index contributed by atoms with van der Waals surface area (Å²) in [4.78, 5) is 17.3. The number of methoxy groups -OCH3 is 1. The van der Waals surface area contributed by atoms with Gasteiger partial charge in [-0.3, -0.25) is 9.78 Å². The van der Waals surface area contributed by atoms with Crippen molar-refractivity contribution in [2.75, 3.05) is 7.11 Å². The number of carbonyl (C=O) groups is 1. The molecular weight excluding hydrogens is 378 g/mol. The van der Waals surface area contributed by atoms with Gasteiger partial charge >= 0.3 is 0 Å². The molecule has 0 aliphatic rings. The van der Waals surface area contributed by atoms with Crippen LogP contribution in [0.5, 0.6) is 5.75 Å². The molecule has 152 valence electrons. The van der Waals surface area contributed by atoms with Gasteiger partial charge in [0.25, 0.3) is 5.91 Å². The number of nitrogens with zero attached hydrogens (tertiary/aromatic N) is 4. The number of hydrogen-bond donors (Lipinski definition) is 1. The quantitative estimate of drug-likeness (QED) is 0.535. The van der Waals surface area contributed by atoms with Crippen molar-refractivity contribution in [3.8, 4) is 11.4 Å². The Bertz CT molecular complexity index is 1200. The van der Waals surface area contributed by atoms with E-state index in [0.29, 0.717) is 17.8 Å². The first-order chi connectivity index (χ1) is 14.6. The van der Waals surface area contributed by atoms with Gasteiger partial charge < -0.3 is 10.1 Å². The van der Waals surface area contributed by atoms with Crippen molar-refractivity contribution >= 4 is 16.8 Å². The van der Waals surface area contributed by atoms with E-state index in [0.717, 1.165) is 27.9 Å². The zero-order valence-corrected chi connectivity index (χ0v) is 17.2. The predicted molar refractivity (Wildman–Crippen MR) is 115 cm³/mol. The van der Waals surface area contributed by atoms with Crippen LogP contribution in [0.3, 0.4) is 0 Å². The smallest absolute Gasteiger partial charge is 0.273 e. The molecule has 0 aliphatic heterocycles. The van der Waals surface area contributed by atoms with Gasteiger partial charge in [0.05, 0.1) is 24.0 Å². The largest absolute Gasteiger partial charge is 0.497 e. The zero-order valence-electron chi connectivity index (χ0n) is 17.2. The second kappa shape index (κ2) is 8.32. The minimum atomic E-state index is -0.248. The van der Waals surface area contributed by atoms with Gasteiger partial charge in [0.2, 0.25) is 0 Å². The molecule has 0 radical (unpaired) electrons. The standard InChI is InChI=1S/C23H23N5O2/c1-15(13-17-7-4-10-19(14-17)30-3)25-23(29)21-16(2)28(27-26-21)20-11-5-8-18-9-6-12-24-22(18)20/h4-12,14-15H,13H2,1-3H3,(H,25,29). The number of fused-ring (bicyclic) bond motifs is 1. The maximum atomic E-state index is 12.8. The van der Waals surface area contributed by atoms with E-state index >= 15 is 0 Å². The number of carbonyl (C=O) groups excluding carboxylic acids is 1. The highest BCUT2D eigenvalue weighted by Crippen LogP contribution is 2.21. The molecule has 1 amide bonds. The molecule has 2 heterocycles. The number of aromatic nitrogens is 4. The van der Waals surface area contributed by atoms with Gasteiger partial charge in [-0.1, -0.05) is 35.5 Å². The summed E-state index contributed by atoms with van der Waals surface area (Å²) in [5, 5.41) is 12.4. The van der Waals surface area contributed by atoms with Gasteiger partial charge in [-0.05, 0) is 50.1 Å². The molecule has 0 saturated carbocycles. The molecule has 7 heteroatoms. The van der Waals surface area contributed by atoms with Gasteiger partial charge in [-0.25, -0.2) is 4.68 Å². The second-order valence-corrected chi connectivity index (χ2v) is 7.22. The maximum absolute atomic E-state index is 12.8. The lowest BCUT2D eigenvalue weighted by molar-refractivity contribution is 0.0934. The predicted octanol–water partition coefficient (Wildman–Crippen LogP) is 3.49. The Kier molecular flexibility index (Phi) is 5.43. The van der Waals surface area contributed by atoms with E-state index in [9.17, 15) is 4.79 Å². The van der Waals surface area contributed by atoms with Gasteiger partial charge in [0.15, 0.2) is 5.69 Å². The summed E-state index contributed by atoms with van der Waals surface area (Å²) in [6, 6.07) is 17.5. The van der Waals surface area contributed by atoms with Crippen molar-refractivity contribution in [2.45, 2.75) is 26.3 Å². The van der Waals surface area contributed by atoms with Gasteiger partial charge in [0, 0.05) is 17.6 Å². The van der Waals surface area contributed by atoms with E-state index in [1.165, 1.54) is 0 Å². The molecule has 0 fully saturated rings. The zero-order chi connectivity index (χ0) is 21.1. The Hall–Kier alpha value is -3.74. The number of ether oxygens (including phenoxy) is 1. The third kappa shape index (κ3) is 3.87. The van der Waals surface area contributed by atoms with Crippen molar-refractivity contribution in [1.29, 1.82) is 0 Å².